The van der Waals surface area contributed by atoms with Gasteiger partial charge in [0.15, 0.2) is 0 Å². The van der Waals surface area contributed by atoms with Gasteiger partial charge in [-0.3, -0.25) is 0 Å². The second-order valence-corrected chi connectivity index (χ2v) is 2.89. The number of rotatable bonds is 3. The highest BCUT2D eigenvalue weighted by atomic mass is 35.5. The van der Waals surface area contributed by atoms with E-state index in [0.29, 0.717) is 0 Å². The average Bonchev–Trinajstić information content (AvgIpc) is 2.26. The Kier molecular flexibility index (Phi) is 3.81. The first-order valence-corrected chi connectivity index (χ1v) is 4.49. The summed E-state index contributed by atoms with van der Waals surface area (Å²) in [4.78, 5) is 3.72. The summed E-state index contributed by atoms with van der Waals surface area (Å²) in [6.07, 6.45) is -2.71. The number of halogens is 3. The Morgan fingerprint density at radius 2 is 2.33 bits per heavy atom. The molecule has 0 unspecified atom stereocenters. The molecule has 0 N–H and O–H groups in total. The molecule has 1 heterocycles. The van der Waals surface area contributed by atoms with E-state index in [1.54, 1.807) is 6.07 Å². The predicted octanol–water partition coefficient (Wildman–Crippen LogP) is 2.64. The molecule has 0 aliphatic rings. The molecule has 1 rings (SSSR count). The lowest BCUT2D eigenvalue weighted by Crippen LogP contribution is -2.01. The van der Waals surface area contributed by atoms with Crippen LogP contribution in [0.15, 0.2) is 6.07 Å². The molecule has 0 aliphatic carbocycles. The minimum absolute atomic E-state index is 0.0179. The molecule has 3 nitrogen and oxygen atoms in total. The van der Waals surface area contributed by atoms with Crippen molar-refractivity contribution in [3.8, 4) is 11.9 Å². The number of methoxy groups -OCH3 is 1. The largest absolute Gasteiger partial charge is 0.481 e. The van der Waals surface area contributed by atoms with Crippen molar-refractivity contribution in [2.75, 3.05) is 7.11 Å². The van der Waals surface area contributed by atoms with Crippen molar-refractivity contribution in [3.63, 3.8) is 0 Å². The van der Waals surface area contributed by atoms with Crippen LogP contribution in [0.5, 0.6) is 5.88 Å². The fourth-order valence-corrected chi connectivity index (χ4v) is 1.38. The van der Waals surface area contributed by atoms with Gasteiger partial charge in [-0.05, 0) is 0 Å². The minimum atomic E-state index is -2.71. The smallest absolute Gasteiger partial charge is 0.264 e. The Bertz CT molecular complexity index is 404. The third-order valence-corrected chi connectivity index (χ3v) is 2.09. The van der Waals surface area contributed by atoms with Crippen LogP contribution in [0, 0.1) is 11.3 Å². The maximum absolute atomic E-state index is 12.6. The van der Waals surface area contributed by atoms with Gasteiger partial charge in [0, 0.05) is 17.2 Å². The second kappa shape index (κ2) is 4.89. The lowest BCUT2D eigenvalue weighted by molar-refractivity contribution is 0.150. The van der Waals surface area contributed by atoms with Gasteiger partial charge >= 0.3 is 0 Å². The maximum atomic E-state index is 12.6. The van der Waals surface area contributed by atoms with E-state index in [-0.39, 0.29) is 28.6 Å². The normalized spacial score (nSPS) is 10.1. The molecule has 0 radical (unpaired) electrons. The molecule has 0 saturated heterocycles. The molecular weight excluding hydrogens is 226 g/mol. The van der Waals surface area contributed by atoms with Gasteiger partial charge < -0.3 is 4.74 Å². The summed E-state index contributed by atoms with van der Waals surface area (Å²) in [6, 6.07) is 2.79. The number of hydrogen-bond donors (Lipinski definition) is 0. The zero-order chi connectivity index (χ0) is 11.4. The first kappa shape index (κ1) is 11.7. The van der Waals surface area contributed by atoms with E-state index in [2.05, 4.69) is 4.98 Å². The van der Waals surface area contributed by atoms with E-state index in [0.717, 1.165) is 6.07 Å². The highest BCUT2D eigenvalue weighted by molar-refractivity contribution is 6.17. The van der Waals surface area contributed by atoms with Gasteiger partial charge in [0.1, 0.15) is 11.8 Å². The Labute approximate surface area is 90.3 Å². The molecule has 6 heteroatoms. The summed E-state index contributed by atoms with van der Waals surface area (Å²) in [5.41, 5.74) is -0.386. The van der Waals surface area contributed by atoms with E-state index >= 15 is 0 Å². The van der Waals surface area contributed by atoms with Gasteiger partial charge in [0.2, 0.25) is 5.88 Å². The summed E-state index contributed by atoms with van der Waals surface area (Å²) in [5, 5.41) is 8.70. The van der Waals surface area contributed by atoms with Crippen LogP contribution in [0.2, 0.25) is 0 Å². The standard InChI is InChI=1S/C9H7ClF2N2O/c1-15-8-2-5(9(11)12)6(3-10)7(4-13)14-8/h2,9H,3H2,1H3. The number of alkyl halides is 3. The summed E-state index contributed by atoms with van der Waals surface area (Å²) >= 11 is 5.49. The van der Waals surface area contributed by atoms with Crippen LogP contribution in [0.3, 0.4) is 0 Å². The third kappa shape index (κ3) is 2.34. The van der Waals surface area contributed by atoms with Crippen LogP contribution in [-0.2, 0) is 5.88 Å². The van der Waals surface area contributed by atoms with Gasteiger partial charge in [-0.15, -0.1) is 11.6 Å². The van der Waals surface area contributed by atoms with Gasteiger partial charge in [0.25, 0.3) is 6.43 Å². The monoisotopic (exact) mass is 232 g/mol. The van der Waals surface area contributed by atoms with E-state index in [9.17, 15) is 8.78 Å². The van der Waals surface area contributed by atoms with Crippen LogP contribution in [0.4, 0.5) is 8.78 Å². The van der Waals surface area contributed by atoms with Gasteiger partial charge in [-0.1, -0.05) is 0 Å². The van der Waals surface area contributed by atoms with Crippen LogP contribution >= 0.6 is 11.6 Å². The average molecular weight is 233 g/mol. The molecule has 0 bridgehead atoms. The van der Waals surface area contributed by atoms with E-state index in [1.165, 1.54) is 7.11 Å². The first-order valence-electron chi connectivity index (χ1n) is 3.96. The molecule has 0 amide bonds. The van der Waals surface area contributed by atoms with Gasteiger partial charge in [-0.2, -0.15) is 5.26 Å². The summed E-state index contributed by atoms with van der Waals surface area (Å²) < 4.78 is 29.9. The quantitative estimate of drug-likeness (QED) is 0.753. The number of hydrogen-bond acceptors (Lipinski definition) is 3. The molecule has 0 aromatic carbocycles. The topological polar surface area (TPSA) is 45.9 Å². The molecule has 1 aromatic rings. The zero-order valence-electron chi connectivity index (χ0n) is 7.80. The predicted molar refractivity (Wildman–Crippen MR) is 50.0 cm³/mol. The zero-order valence-corrected chi connectivity index (χ0v) is 8.55. The second-order valence-electron chi connectivity index (χ2n) is 2.63. The fourth-order valence-electron chi connectivity index (χ4n) is 1.10. The van der Waals surface area contributed by atoms with E-state index in [1.807, 2.05) is 0 Å². The van der Waals surface area contributed by atoms with E-state index < -0.39 is 6.43 Å². The maximum Gasteiger partial charge on any atom is 0.264 e. The molecule has 80 valence electrons. The van der Waals surface area contributed by atoms with Crippen molar-refractivity contribution in [2.45, 2.75) is 12.3 Å². The Hall–Kier alpha value is -1.41. The summed E-state index contributed by atoms with van der Waals surface area (Å²) in [5.74, 6) is -0.199. The number of nitriles is 1. The van der Waals surface area contributed by atoms with Crippen molar-refractivity contribution in [1.82, 2.24) is 4.98 Å². The highest BCUT2D eigenvalue weighted by Crippen LogP contribution is 2.28. The third-order valence-electron chi connectivity index (χ3n) is 1.82. The summed E-state index contributed by atoms with van der Waals surface area (Å²) in [7, 11) is 1.29. The van der Waals surface area contributed by atoms with Gasteiger partial charge in [-0.25, -0.2) is 13.8 Å². The van der Waals surface area contributed by atoms with E-state index in [4.69, 9.17) is 21.6 Å². The molecule has 0 spiro atoms. The molecule has 15 heavy (non-hydrogen) atoms. The van der Waals surface area contributed by atoms with Crippen LogP contribution in [-0.4, -0.2) is 12.1 Å². The van der Waals surface area contributed by atoms with Crippen LogP contribution < -0.4 is 4.74 Å². The SMILES string of the molecule is COc1cc(C(F)F)c(CCl)c(C#N)n1. The van der Waals surface area contributed by atoms with Crippen molar-refractivity contribution in [2.24, 2.45) is 0 Å². The first-order chi connectivity index (χ1) is 7.13. The minimum Gasteiger partial charge on any atom is -0.481 e. The lowest BCUT2D eigenvalue weighted by atomic mass is 10.1. The highest BCUT2D eigenvalue weighted by Gasteiger charge is 2.18. The number of ether oxygens (including phenoxy) is 1. The molecule has 0 saturated carbocycles. The van der Waals surface area contributed by atoms with Crippen molar-refractivity contribution in [1.29, 1.82) is 5.26 Å². The van der Waals surface area contributed by atoms with Crippen molar-refractivity contribution >= 4 is 11.6 Å². The Morgan fingerprint density at radius 1 is 1.67 bits per heavy atom. The molecule has 0 atom stereocenters. The number of pyridine rings is 1. The summed E-state index contributed by atoms with van der Waals surface area (Å²) in [6.45, 7) is 0. The number of aromatic nitrogens is 1. The molecule has 1 aromatic heterocycles. The Balaban J connectivity index is 3.41. The number of nitrogens with zero attached hydrogens (tertiary/aromatic N) is 2. The molecule has 0 fully saturated rings. The fraction of sp³-hybridized carbons (Fsp3) is 0.333. The van der Waals surface area contributed by atoms with Crippen molar-refractivity contribution < 1.29 is 13.5 Å². The Morgan fingerprint density at radius 3 is 2.73 bits per heavy atom. The van der Waals surface area contributed by atoms with Gasteiger partial charge in [0.05, 0.1) is 13.0 Å². The lowest BCUT2D eigenvalue weighted by Gasteiger charge is -2.09. The van der Waals surface area contributed by atoms with Crippen molar-refractivity contribution in [3.05, 3.63) is 22.9 Å². The van der Waals surface area contributed by atoms with Crippen LogP contribution in [0.25, 0.3) is 0 Å². The molecular formula is C9H7ClF2N2O. The van der Waals surface area contributed by atoms with Crippen LogP contribution in [0.1, 0.15) is 23.2 Å². The molecule has 0 aliphatic heterocycles.